The molecular formula is C20H17CaN7O6. The zero-order chi connectivity index (χ0) is 24.1. The second kappa shape index (κ2) is 11.5. The van der Waals surface area contributed by atoms with E-state index in [0.29, 0.717) is 11.4 Å². The van der Waals surface area contributed by atoms with E-state index >= 15 is 0 Å². The molecule has 2 heterocycles. The van der Waals surface area contributed by atoms with Crippen molar-refractivity contribution in [2.24, 2.45) is 0 Å². The smallest absolute Gasteiger partial charge is 0.550 e. The van der Waals surface area contributed by atoms with Gasteiger partial charge in [-0.3, -0.25) is 14.6 Å². The number of benzene rings is 1. The van der Waals surface area contributed by atoms with Crippen molar-refractivity contribution in [1.82, 2.24) is 25.3 Å². The third kappa shape index (κ3) is 6.73. The van der Waals surface area contributed by atoms with Gasteiger partial charge in [-0.05, 0) is 29.8 Å². The molecule has 1 amide bonds. The number of nitrogen functional groups attached to an aromatic ring is 1. The number of hydrogen-bond acceptors (Lipinski definition) is 11. The van der Waals surface area contributed by atoms with Crippen molar-refractivity contribution in [3.63, 3.8) is 0 Å². The number of nitrogens with one attached hydrogen (secondary N) is 3. The minimum atomic E-state index is -1.69. The van der Waals surface area contributed by atoms with Crippen molar-refractivity contribution in [2.75, 3.05) is 11.1 Å². The number of H-pyrrole nitrogens is 1. The maximum Gasteiger partial charge on any atom is 2.00 e. The van der Waals surface area contributed by atoms with Gasteiger partial charge < -0.3 is 36.2 Å². The molecule has 0 aliphatic rings. The zero-order valence-corrected chi connectivity index (χ0v) is 19.9. The molecule has 3 aromatic rings. The zero-order valence-electron chi connectivity index (χ0n) is 17.7. The summed E-state index contributed by atoms with van der Waals surface area (Å²) in [5.41, 5.74) is 5.99. The van der Waals surface area contributed by atoms with Gasteiger partial charge >= 0.3 is 37.7 Å². The molecule has 0 unspecified atom stereocenters. The molecule has 0 bridgehead atoms. The van der Waals surface area contributed by atoms with Crippen LogP contribution in [0, 0.1) is 0 Å². The molecule has 0 aliphatic carbocycles. The second-order valence-electron chi connectivity index (χ2n) is 6.85. The van der Waals surface area contributed by atoms with E-state index in [1.165, 1.54) is 18.3 Å². The summed E-state index contributed by atoms with van der Waals surface area (Å²) in [6.07, 6.45) is 0.692. The Labute approximate surface area is 221 Å². The largest absolute Gasteiger partial charge is 2.00 e. The Kier molecular flexibility index (Phi) is 9.06. The molecule has 5 N–H and O–H groups in total. The fraction of sp³-hybridized carbons (Fsp3) is 0.150. The fourth-order valence-corrected chi connectivity index (χ4v) is 2.82. The van der Waals surface area contributed by atoms with Crippen molar-refractivity contribution in [3.05, 3.63) is 64.2 Å². The van der Waals surface area contributed by atoms with Gasteiger partial charge in [-0.1, -0.05) is 6.58 Å². The quantitative estimate of drug-likeness (QED) is 0.175. The third-order valence-electron chi connectivity index (χ3n) is 4.40. The predicted molar refractivity (Wildman–Crippen MR) is 117 cm³/mol. The molecule has 170 valence electrons. The van der Waals surface area contributed by atoms with Crippen molar-refractivity contribution >= 4 is 78.4 Å². The molecule has 0 saturated heterocycles. The van der Waals surface area contributed by atoms with Crippen LogP contribution in [0.25, 0.3) is 11.2 Å². The Morgan fingerprint density at radius 1 is 1.15 bits per heavy atom. The van der Waals surface area contributed by atoms with Crippen LogP contribution in [-0.2, 0) is 16.1 Å². The first kappa shape index (κ1) is 26.7. The normalized spacial score (nSPS) is 11.2. The molecule has 0 spiro atoms. The topological polar surface area (TPSA) is 219 Å². The van der Waals surface area contributed by atoms with Crippen LogP contribution in [0.5, 0.6) is 0 Å². The molecular weight excluding hydrogens is 474 g/mol. The van der Waals surface area contributed by atoms with E-state index in [-0.39, 0.29) is 72.5 Å². The van der Waals surface area contributed by atoms with Crippen molar-refractivity contribution in [3.8, 4) is 0 Å². The van der Waals surface area contributed by atoms with Gasteiger partial charge in [-0.2, -0.15) is 4.98 Å². The molecule has 3 rings (SSSR count). The summed E-state index contributed by atoms with van der Waals surface area (Å²) in [5, 5.41) is 27.1. The number of aromatic amines is 1. The maximum atomic E-state index is 12.3. The molecule has 0 aliphatic heterocycles. The summed E-state index contributed by atoms with van der Waals surface area (Å²) in [7, 11) is 0. The Balaban J connectivity index is 0.00000408. The minimum Gasteiger partial charge on any atom is -0.550 e. The van der Waals surface area contributed by atoms with Gasteiger partial charge in [0, 0.05) is 23.6 Å². The van der Waals surface area contributed by atoms with Crippen LogP contribution in [0.3, 0.4) is 0 Å². The van der Waals surface area contributed by atoms with Crippen molar-refractivity contribution in [2.45, 2.75) is 19.0 Å². The molecule has 13 nitrogen and oxygen atoms in total. The van der Waals surface area contributed by atoms with Crippen LogP contribution in [0.4, 0.5) is 11.6 Å². The first-order chi connectivity index (χ1) is 15.6. The summed E-state index contributed by atoms with van der Waals surface area (Å²) in [4.78, 5) is 60.6. The van der Waals surface area contributed by atoms with E-state index in [2.05, 4.69) is 37.1 Å². The van der Waals surface area contributed by atoms with Gasteiger partial charge in [0.1, 0.15) is 0 Å². The first-order valence-electron chi connectivity index (χ1n) is 9.38. The van der Waals surface area contributed by atoms with E-state index in [0.717, 1.165) is 0 Å². The number of fused-ring (bicyclic) bond motifs is 1. The number of rotatable bonds is 9. The molecule has 1 atom stereocenters. The van der Waals surface area contributed by atoms with Gasteiger partial charge in [0.2, 0.25) is 5.95 Å². The minimum absolute atomic E-state index is 0. The number of carboxylic acids is 2. The van der Waals surface area contributed by atoms with Crippen molar-refractivity contribution < 1.29 is 24.6 Å². The number of anilines is 2. The summed E-state index contributed by atoms with van der Waals surface area (Å²) in [5.74, 6) is -4.05. The van der Waals surface area contributed by atoms with E-state index in [4.69, 9.17) is 5.73 Å². The van der Waals surface area contributed by atoms with Gasteiger partial charge in [-0.15, -0.1) is 0 Å². The van der Waals surface area contributed by atoms with Gasteiger partial charge in [0.05, 0.1) is 30.4 Å². The number of carbonyl (C=O) groups is 3. The average molecular weight is 491 g/mol. The monoisotopic (exact) mass is 491 g/mol. The standard InChI is InChI=1S/C20H19N7O6.Ca/c1-9(6-13(28)29)14(19(32)33)25-17(30)10-2-4-11(5-3-10)22-7-12-8-23-16-15(24-12)18(31)27-20(21)26-16;/h2-5,8,14,22H,1,6-7H2,(H,25,30)(H,28,29)(H,32,33)(H3,21,23,26,27,31);/q;+2/p-2/t14-;/m0./s1. The number of aliphatic carboxylic acids is 2. The number of amides is 1. The molecule has 34 heavy (non-hydrogen) atoms. The van der Waals surface area contributed by atoms with Crippen molar-refractivity contribution in [1.29, 1.82) is 0 Å². The summed E-state index contributed by atoms with van der Waals surface area (Å²) < 4.78 is 0. The molecule has 2 aromatic heterocycles. The predicted octanol–water partition coefficient (Wildman–Crippen LogP) is -2.93. The van der Waals surface area contributed by atoms with Crippen LogP contribution in [0.1, 0.15) is 22.5 Å². The van der Waals surface area contributed by atoms with Crippen LogP contribution in [-0.4, -0.2) is 81.6 Å². The number of carbonyl (C=O) groups excluding carboxylic acids is 3. The molecule has 14 heteroatoms. The van der Waals surface area contributed by atoms with Crippen LogP contribution < -0.4 is 32.1 Å². The number of aromatic nitrogens is 4. The summed E-state index contributed by atoms with van der Waals surface area (Å²) in [6.45, 7) is 3.55. The van der Waals surface area contributed by atoms with Gasteiger partial charge in [0.15, 0.2) is 11.2 Å². The number of hydrogen-bond donors (Lipinski definition) is 4. The van der Waals surface area contributed by atoms with E-state index < -0.39 is 35.9 Å². The number of carboxylic acid groups (broad SMARTS) is 2. The number of nitrogens with two attached hydrogens (primary N) is 1. The Bertz CT molecular complexity index is 1310. The molecule has 0 radical (unpaired) electrons. The fourth-order valence-electron chi connectivity index (χ4n) is 2.82. The van der Waals surface area contributed by atoms with E-state index in [1.54, 1.807) is 12.1 Å². The van der Waals surface area contributed by atoms with Gasteiger partial charge in [-0.25, -0.2) is 9.97 Å². The Morgan fingerprint density at radius 3 is 2.44 bits per heavy atom. The third-order valence-corrected chi connectivity index (χ3v) is 4.40. The maximum absolute atomic E-state index is 12.3. The molecule has 1 aromatic carbocycles. The first-order valence-corrected chi connectivity index (χ1v) is 9.38. The Morgan fingerprint density at radius 2 is 1.82 bits per heavy atom. The average Bonchev–Trinajstić information content (AvgIpc) is 2.75. The van der Waals surface area contributed by atoms with E-state index in [9.17, 15) is 29.4 Å². The summed E-state index contributed by atoms with van der Waals surface area (Å²) >= 11 is 0. The molecule has 0 fully saturated rings. The second-order valence-corrected chi connectivity index (χ2v) is 6.85. The number of nitrogens with zero attached hydrogens (tertiary/aromatic N) is 3. The van der Waals surface area contributed by atoms with Gasteiger partial charge in [0.25, 0.3) is 11.5 Å². The van der Waals surface area contributed by atoms with Crippen LogP contribution in [0.2, 0.25) is 0 Å². The van der Waals surface area contributed by atoms with Crippen LogP contribution >= 0.6 is 0 Å². The SMILES string of the molecule is C=C(CC(=O)[O-])[C@H](NC(=O)c1ccc(NCc2cnc3nc(N)[nH]c(=O)c3n2)cc1)C(=O)[O-].[Ca+2]. The molecule has 0 saturated carbocycles. The Hall–Kier alpha value is -3.55. The van der Waals surface area contributed by atoms with E-state index in [1.807, 2.05) is 0 Å². The summed E-state index contributed by atoms with van der Waals surface area (Å²) in [6, 6.07) is 4.28. The van der Waals surface area contributed by atoms with Crippen LogP contribution in [0.15, 0.2) is 47.4 Å².